The van der Waals surface area contributed by atoms with E-state index in [0.29, 0.717) is 0 Å². The fraction of sp³-hybridized carbons (Fsp3) is 1.00. The van der Waals surface area contributed by atoms with Crippen LogP contribution in [0.1, 0.15) is 66.7 Å². The summed E-state index contributed by atoms with van der Waals surface area (Å²) in [6, 6.07) is 0. The van der Waals surface area contributed by atoms with Crippen molar-refractivity contribution in [2.75, 3.05) is 0 Å². The smallest absolute Gasteiger partial charge is 0.0391 e. The fourth-order valence-electron chi connectivity index (χ4n) is 2.29. The van der Waals surface area contributed by atoms with E-state index in [1.54, 1.807) is 0 Å². The minimum Gasteiger partial charge on any atom is -0.0654 e. The van der Waals surface area contributed by atoms with Crippen LogP contribution in [0.4, 0.5) is 0 Å². The lowest BCUT2D eigenvalue weighted by Gasteiger charge is -2.24. The van der Waals surface area contributed by atoms with Crippen LogP contribution in [0.15, 0.2) is 0 Å². The first-order valence-electron chi connectivity index (χ1n) is 6.11. The minimum absolute atomic E-state index is 0.866. The summed E-state index contributed by atoms with van der Waals surface area (Å²) < 4.78 is 0. The summed E-state index contributed by atoms with van der Waals surface area (Å²) >= 11 is 0. The molecule has 0 aromatic carbocycles. The second-order valence-electron chi connectivity index (χ2n) is 4.92. The van der Waals surface area contributed by atoms with Gasteiger partial charge in [-0.2, -0.15) is 0 Å². The van der Waals surface area contributed by atoms with Gasteiger partial charge in [0.25, 0.3) is 0 Å². The van der Waals surface area contributed by atoms with Crippen LogP contribution >= 0.6 is 0 Å². The number of hydrogen-bond donors (Lipinski definition) is 0. The Hall–Kier alpha value is 0. The van der Waals surface area contributed by atoms with Crippen LogP contribution in [0.25, 0.3) is 0 Å². The zero-order chi connectivity index (χ0) is 10.3. The Morgan fingerprint density at radius 1 is 1.00 bits per heavy atom. The molecule has 0 saturated carbocycles. The standard InChI is InChI=1S/C13H28/c1-6-8-9-13(7-2)12(5)10-11(3)4/h11-13H,6-10H2,1-5H3. The molecule has 0 aromatic heterocycles. The number of rotatable bonds is 7. The molecule has 0 aliphatic rings. The second kappa shape index (κ2) is 7.41. The van der Waals surface area contributed by atoms with E-state index in [9.17, 15) is 0 Å². The van der Waals surface area contributed by atoms with E-state index in [-0.39, 0.29) is 0 Å². The molecule has 2 unspecified atom stereocenters. The van der Waals surface area contributed by atoms with Crippen molar-refractivity contribution in [3.63, 3.8) is 0 Å². The molecule has 0 bridgehead atoms. The average Bonchev–Trinajstić information content (AvgIpc) is 2.04. The van der Waals surface area contributed by atoms with E-state index in [4.69, 9.17) is 0 Å². The lowest BCUT2D eigenvalue weighted by Crippen LogP contribution is -2.13. The van der Waals surface area contributed by atoms with Crippen LogP contribution in [0, 0.1) is 17.8 Å². The molecule has 13 heavy (non-hydrogen) atoms. The van der Waals surface area contributed by atoms with Crippen LogP contribution in [-0.2, 0) is 0 Å². The molecule has 80 valence electrons. The van der Waals surface area contributed by atoms with Crippen LogP contribution in [0.5, 0.6) is 0 Å². The summed E-state index contributed by atoms with van der Waals surface area (Å²) in [6.45, 7) is 11.7. The zero-order valence-corrected chi connectivity index (χ0v) is 10.3. The summed E-state index contributed by atoms with van der Waals surface area (Å²) in [7, 11) is 0. The van der Waals surface area contributed by atoms with Crippen molar-refractivity contribution in [2.45, 2.75) is 66.7 Å². The van der Waals surface area contributed by atoms with Gasteiger partial charge in [-0.25, -0.2) is 0 Å². The van der Waals surface area contributed by atoms with Gasteiger partial charge >= 0.3 is 0 Å². The molecule has 0 nitrogen and oxygen atoms in total. The molecule has 0 rings (SSSR count). The minimum atomic E-state index is 0.866. The molecule has 0 spiro atoms. The number of unbranched alkanes of at least 4 members (excludes halogenated alkanes) is 1. The van der Waals surface area contributed by atoms with E-state index >= 15 is 0 Å². The molecule has 0 saturated heterocycles. The maximum atomic E-state index is 2.43. The Labute approximate surface area is 85.1 Å². The maximum Gasteiger partial charge on any atom is -0.0391 e. The van der Waals surface area contributed by atoms with Gasteiger partial charge in [-0.1, -0.05) is 60.3 Å². The first-order valence-corrected chi connectivity index (χ1v) is 6.11. The Kier molecular flexibility index (Phi) is 7.41. The van der Waals surface area contributed by atoms with Crippen molar-refractivity contribution >= 4 is 0 Å². The van der Waals surface area contributed by atoms with Gasteiger partial charge in [0.2, 0.25) is 0 Å². The quantitative estimate of drug-likeness (QED) is 0.528. The Morgan fingerprint density at radius 2 is 1.62 bits per heavy atom. The second-order valence-corrected chi connectivity index (χ2v) is 4.92. The topological polar surface area (TPSA) is 0 Å². The normalized spacial score (nSPS) is 16.2. The molecule has 0 amide bonds. The average molecular weight is 184 g/mol. The Morgan fingerprint density at radius 3 is 2.00 bits per heavy atom. The van der Waals surface area contributed by atoms with Gasteiger partial charge in [-0.3, -0.25) is 0 Å². The first kappa shape index (κ1) is 13.0. The highest BCUT2D eigenvalue weighted by atomic mass is 14.2. The summed E-state index contributed by atoms with van der Waals surface area (Å²) in [6.07, 6.45) is 6.99. The van der Waals surface area contributed by atoms with E-state index in [1.807, 2.05) is 0 Å². The summed E-state index contributed by atoms with van der Waals surface area (Å²) in [4.78, 5) is 0. The van der Waals surface area contributed by atoms with Gasteiger partial charge < -0.3 is 0 Å². The highest BCUT2D eigenvalue weighted by Gasteiger charge is 2.15. The van der Waals surface area contributed by atoms with Gasteiger partial charge in [0, 0.05) is 0 Å². The summed E-state index contributed by atoms with van der Waals surface area (Å²) in [5.41, 5.74) is 0. The van der Waals surface area contributed by atoms with Crippen molar-refractivity contribution in [3.8, 4) is 0 Å². The molecule has 0 aliphatic heterocycles. The van der Waals surface area contributed by atoms with Crippen LogP contribution < -0.4 is 0 Å². The van der Waals surface area contributed by atoms with Crippen molar-refractivity contribution < 1.29 is 0 Å². The van der Waals surface area contributed by atoms with E-state index in [2.05, 4.69) is 34.6 Å². The molecular formula is C13H28. The van der Waals surface area contributed by atoms with Gasteiger partial charge in [0.1, 0.15) is 0 Å². The molecule has 0 radical (unpaired) electrons. The molecule has 0 N–H and O–H groups in total. The molecule has 0 heterocycles. The van der Waals surface area contributed by atoms with Crippen molar-refractivity contribution in [1.29, 1.82) is 0 Å². The molecule has 0 heteroatoms. The first-order chi connectivity index (χ1) is 6.11. The zero-order valence-electron chi connectivity index (χ0n) is 10.3. The molecular weight excluding hydrogens is 156 g/mol. The van der Waals surface area contributed by atoms with Crippen molar-refractivity contribution in [1.82, 2.24) is 0 Å². The fourth-order valence-corrected chi connectivity index (χ4v) is 2.29. The predicted octanol–water partition coefficient (Wildman–Crippen LogP) is 4.89. The lowest BCUT2D eigenvalue weighted by molar-refractivity contribution is 0.275. The Bertz CT molecular complexity index is 105. The predicted molar refractivity (Wildman–Crippen MR) is 61.9 cm³/mol. The van der Waals surface area contributed by atoms with E-state index in [0.717, 1.165) is 17.8 Å². The van der Waals surface area contributed by atoms with E-state index < -0.39 is 0 Å². The van der Waals surface area contributed by atoms with E-state index in [1.165, 1.54) is 32.1 Å². The monoisotopic (exact) mass is 184 g/mol. The summed E-state index contributed by atoms with van der Waals surface area (Å²) in [5, 5.41) is 0. The molecule has 0 aromatic rings. The molecule has 2 atom stereocenters. The highest BCUT2D eigenvalue weighted by Crippen LogP contribution is 2.26. The Balaban J connectivity index is 3.77. The maximum absolute atomic E-state index is 2.43. The van der Waals surface area contributed by atoms with Crippen LogP contribution in [0.3, 0.4) is 0 Å². The third-order valence-corrected chi connectivity index (χ3v) is 3.10. The van der Waals surface area contributed by atoms with Gasteiger partial charge in [-0.15, -0.1) is 0 Å². The highest BCUT2D eigenvalue weighted by molar-refractivity contribution is 4.66. The van der Waals surface area contributed by atoms with Gasteiger partial charge in [0.05, 0.1) is 0 Å². The van der Waals surface area contributed by atoms with Crippen LogP contribution in [-0.4, -0.2) is 0 Å². The van der Waals surface area contributed by atoms with Gasteiger partial charge in [0.15, 0.2) is 0 Å². The lowest BCUT2D eigenvalue weighted by atomic mass is 9.82. The van der Waals surface area contributed by atoms with Crippen LogP contribution in [0.2, 0.25) is 0 Å². The van der Waals surface area contributed by atoms with Crippen molar-refractivity contribution in [2.24, 2.45) is 17.8 Å². The SMILES string of the molecule is CCCCC(CC)C(C)CC(C)C. The molecule has 0 aliphatic carbocycles. The molecule has 0 fully saturated rings. The largest absolute Gasteiger partial charge is 0.0654 e. The summed E-state index contributed by atoms with van der Waals surface area (Å²) in [5.74, 6) is 2.77. The third-order valence-electron chi connectivity index (χ3n) is 3.10. The number of hydrogen-bond acceptors (Lipinski definition) is 0. The van der Waals surface area contributed by atoms with Gasteiger partial charge in [-0.05, 0) is 24.2 Å². The van der Waals surface area contributed by atoms with Crippen molar-refractivity contribution in [3.05, 3.63) is 0 Å². The third kappa shape index (κ3) is 6.12.